The minimum Gasteiger partial charge on any atom is -0.464 e. The highest BCUT2D eigenvalue weighted by atomic mass is 16.6. The van der Waals surface area contributed by atoms with E-state index in [1.54, 1.807) is 6.26 Å². The molecule has 0 fully saturated rings. The van der Waals surface area contributed by atoms with Gasteiger partial charge in [-0.15, -0.1) is 0 Å². The summed E-state index contributed by atoms with van der Waals surface area (Å²) in [6.45, 7) is 0. The number of ether oxygens (including phenoxy) is 2. The molecule has 0 amide bonds. The van der Waals surface area contributed by atoms with E-state index < -0.39 is 5.41 Å². The summed E-state index contributed by atoms with van der Waals surface area (Å²) in [6, 6.07) is 52.9. The molecule has 0 N–H and O–H groups in total. The molecule has 6 aromatic carbocycles. The lowest BCUT2D eigenvalue weighted by molar-refractivity contribution is 0.359. The Morgan fingerprint density at radius 3 is 1.73 bits per heavy atom. The van der Waals surface area contributed by atoms with Crippen LogP contribution in [-0.2, 0) is 5.41 Å². The topological polar surface area (TPSA) is 31.6 Å². The maximum atomic E-state index is 6.64. The first kappa shape index (κ1) is 24.8. The highest BCUT2D eigenvalue weighted by Crippen LogP contribution is 2.59. The lowest BCUT2D eigenvalue weighted by Gasteiger charge is -2.34. The molecule has 9 rings (SSSR count). The van der Waals surface area contributed by atoms with Crippen molar-refractivity contribution in [3.05, 3.63) is 180 Å². The van der Waals surface area contributed by atoms with E-state index in [9.17, 15) is 0 Å². The zero-order valence-corrected chi connectivity index (χ0v) is 23.7. The van der Waals surface area contributed by atoms with Crippen molar-refractivity contribution in [1.29, 1.82) is 0 Å². The molecule has 0 atom stereocenters. The van der Waals surface area contributed by atoms with Crippen LogP contribution in [0.3, 0.4) is 0 Å². The van der Waals surface area contributed by atoms with Crippen molar-refractivity contribution in [3.8, 4) is 56.6 Å². The van der Waals surface area contributed by atoms with Crippen molar-refractivity contribution >= 4 is 0 Å². The molecular formula is C41H26O3. The molecule has 7 aromatic rings. The minimum absolute atomic E-state index is 0.494. The third kappa shape index (κ3) is 3.56. The maximum absolute atomic E-state index is 6.64. The SMILES string of the molecule is c1ccc(C2(c3ccccc3)c3ccccc3-c3cc4c(cc32)Oc2ccc(-c3ccccc3-c3ccco3)cc2O4)cc1. The molecule has 3 nitrogen and oxygen atoms in total. The summed E-state index contributed by atoms with van der Waals surface area (Å²) in [5.74, 6) is 3.63. The summed E-state index contributed by atoms with van der Waals surface area (Å²) in [5.41, 5.74) is 9.86. The lowest BCUT2D eigenvalue weighted by Crippen LogP contribution is -2.28. The van der Waals surface area contributed by atoms with Crippen LogP contribution in [-0.4, -0.2) is 0 Å². The van der Waals surface area contributed by atoms with Gasteiger partial charge in [-0.1, -0.05) is 115 Å². The fourth-order valence-corrected chi connectivity index (χ4v) is 7.07. The van der Waals surface area contributed by atoms with Crippen LogP contribution in [0, 0.1) is 0 Å². The van der Waals surface area contributed by atoms with Crippen LogP contribution in [0.2, 0.25) is 0 Å². The van der Waals surface area contributed by atoms with Crippen molar-refractivity contribution in [2.75, 3.05) is 0 Å². The summed E-state index contributed by atoms with van der Waals surface area (Å²) in [7, 11) is 0. The Kier molecular flexibility index (Phi) is 5.41. The fraction of sp³-hybridized carbons (Fsp3) is 0.0244. The predicted octanol–water partition coefficient (Wildman–Crippen LogP) is 10.9. The second-order valence-corrected chi connectivity index (χ2v) is 11.3. The van der Waals surface area contributed by atoms with Crippen LogP contribution < -0.4 is 9.47 Å². The van der Waals surface area contributed by atoms with Gasteiger partial charge in [-0.3, -0.25) is 0 Å². The van der Waals surface area contributed by atoms with Gasteiger partial charge in [0.05, 0.1) is 11.7 Å². The van der Waals surface area contributed by atoms with Crippen molar-refractivity contribution in [3.63, 3.8) is 0 Å². The Morgan fingerprint density at radius 1 is 0.386 bits per heavy atom. The molecule has 0 saturated heterocycles. The quantitative estimate of drug-likeness (QED) is 0.212. The molecule has 0 unspecified atom stereocenters. The average molecular weight is 567 g/mol. The first-order valence-electron chi connectivity index (χ1n) is 14.8. The van der Waals surface area contributed by atoms with Gasteiger partial charge in [0.25, 0.3) is 0 Å². The van der Waals surface area contributed by atoms with Gasteiger partial charge in [0, 0.05) is 5.56 Å². The number of rotatable bonds is 4. The normalized spacial score (nSPS) is 13.5. The summed E-state index contributed by atoms with van der Waals surface area (Å²) in [4.78, 5) is 0. The van der Waals surface area contributed by atoms with Crippen LogP contribution in [0.1, 0.15) is 22.3 Å². The van der Waals surface area contributed by atoms with Crippen molar-refractivity contribution < 1.29 is 13.9 Å². The van der Waals surface area contributed by atoms with Gasteiger partial charge in [0.1, 0.15) is 5.76 Å². The monoisotopic (exact) mass is 566 g/mol. The highest BCUT2D eigenvalue weighted by Gasteiger charge is 2.47. The fourth-order valence-electron chi connectivity index (χ4n) is 7.07. The summed E-state index contributed by atoms with van der Waals surface area (Å²) < 4.78 is 19.0. The molecule has 208 valence electrons. The Morgan fingerprint density at radius 2 is 1.00 bits per heavy atom. The van der Waals surface area contributed by atoms with Crippen LogP contribution in [0.15, 0.2) is 162 Å². The zero-order valence-electron chi connectivity index (χ0n) is 23.7. The number of hydrogen-bond acceptors (Lipinski definition) is 3. The molecule has 0 bridgehead atoms. The molecule has 0 radical (unpaired) electrons. The Hall–Kier alpha value is -5.80. The largest absolute Gasteiger partial charge is 0.464 e. The second kappa shape index (κ2) is 9.62. The molecule has 1 aliphatic heterocycles. The molecule has 0 saturated carbocycles. The van der Waals surface area contributed by atoms with Gasteiger partial charge in [0.15, 0.2) is 23.0 Å². The molecule has 2 heterocycles. The predicted molar refractivity (Wildman–Crippen MR) is 173 cm³/mol. The van der Waals surface area contributed by atoms with Crippen molar-refractivity contribution in [2.24, 2.45) is 0 Å². The smallest absolute Gasteiger partial charge is 0.170 e. The van der Waals surface area contributed by atoms with Crippen molar-refractivity contribution in [2.45, 2.75) is 5.41 Å². The van der Waals surface area contributed by atoms with Crippen LogP contribution >= 0.6 is 0 Å². The maximum Gasteiger partial charge on any atom is 0.170 e. The van der Waals surface area contributed by atoms with E-state index in [1.165, 1.54) is 27.8 Å². The van der Waals surface area contributed by atoms with E-state index >= 15 is 0 Å². The van der Waals surface area contributed by atoms with Gasteiger partial charge in [-0.25, -0.2) is 0 Å². The molecule has 44 heavy (non-hydrogen) atoms. The Balaban J connectivity index is 1.21. The van der Waals surface area contributed by atoms with E-state index in [4.69, 9.17) is 13.9 Å². The Bertz CT molecular complexity index is 2120. The average Bonchev–Trinajstić information content (AvgIpc) is 3.73. The number of hydrogen-bond donors (Lipinski definition) is 0. The van der Waals surface area contributed by atoms with E-state index in [-0.39, 0.29) is 0 Å². The third-order valence-corrected chi connectivity index (χ3v) is 8.93. The summed E-state index contributed by atoms with van der Waals surface area (Å²) in [5, 5.41) is 0. The highest BCUT2D eigenvalue weighted by molar-refractivity contribution is 5.88. The standard InChI is InChI=1S/C41H26O3/c1-3-12-28(13-4-1)41(29-14-5-2-6-15-29)34-19-10-9-17-31(34)33-25-39-40(26-35(33)41)43-37-22-21-27(24-38(37)44-39)30-16-7-8-18-32(30)36-20-11-23-42-36/h1-26H. The van der Waals surface area contributed by atoms with Crippen LogP contribution in [0.25, 0.3) is 33.6 Å². The van der Waals surface area contributed by atoms with Gasteiger partial charge >= 0.3 is 0 Å². The van der Waals surface area contributed by atoms with Gasteiger partial charge < -0.3 is 13.9 Å². The Labute approximate surface area is 255 Å². The van der Waals surface area contributed by atoms with E-state index in [1.807, 2.05) is 30.3 Å². The van der Waals surface area contributed by atoms with Gasteiger partial charge in [0.2, 0.25) is 0 Å². The van der Waals surface area contributed by atoms with Crippen molar-refractivity contribution in [1.82, 2.24) is 0 Å². The number of benzene rings is 6. The second-order valence-electron chi connectivity index (χ2n) is 11.3. The van der Waals surface area contributed by atoms with Crippen LogP contribution in [0.4, 0.5) is 0 Å². The number of fused-ring (bicyclic) bond motifs is 5. The molecular weight excluding hydrogens is 540 g/mol. The van der Waals surface area contributed by atoms with E-state index in [0.717, 1.165) is 28.0 Å². The summed E-state index contributed by atoms with van der Waals surface area (Å²) >= 11 is 0. The first-order chi connectivity index (χ1) is 21.8. The minimum atomic E-state index is -0.494. The summed E-state index contributed by atoms with van der Waals surface area (Å²) in [6.07, 6.45) is 1.70. The molecule has 1 aromatic heterocycles. The van der Waals surface area contributed by atoms with E-state index in [0.29, 0.717) is 23.0 Å². The van der Waals surface area contributed by atoms with Crippen LogP contribution in [0.5, 0.6) is 23.0 Å². The first-order valence-corrected chi connectivity index (χ1v) is 14.8. The zero-order chi connectivity index (χ0) is 29.1. The van der Waals surface area contributed by atoms with E-state index in [2.05, 4.69) is 121 Å². The lowest BCUT2D eigenvalue weighted by atomic mass is 9.67. The molecule has 1 aliphatic carbocycles. The molecule has 2 aliphatic rings. The van der Waals surface area contributed by atoms with Gasteiger partial charge in [-0.05, 0) is 80.9 Å². The third-order valence-electron chi connectivity index (χ3n) is 8.93. The molecule has 3 heteroatoms. The van der Waals surface area contributed by atoms with Gasteiger partial charge in [-0.2, -0.15) is 0 Å². The number of furan rings is 1. The molecule has 0 spiro atoms.